The van der Waals surface area contributed by atoms with Crippen molar-refractivity contribution in [1.82, 2.24) is 5.32 Å². The summed E-state index contributed by atoms with van der Waals surface area (Å²) < 4.78 is 0.440. The zero-order valence-corrected chi connectivity index (χ0v) is 15.9. The molecule has 1 unspecified atom stereocenters. The molecule has 2 N–H and O–H groups in total. The second-order valence-corrected chi connectivity index (χ2v) is 8.78. The monoisotopic (exact) mass is 387 g/mol. The summed E-state index contributed by atoms with van der Waals surface area (Å²) >= 11 is 3.89. The fourth-order valence-electron chi connectivity index (χ4n) is 2.80. The maximum atomic E-state index is 12.4. The minimum atomic E-state index is -0.946. The normalized spacial score (nSPS) is 16.0. The van der Waals surface area contributed by atoms with Crippen molar-refractivity contribution < 1.29 is 14.7 Å². The first kappa shape index (κ1) is 18.9. The molecule has 1 atom stereocenters. The second kappa shape index (κ2) is 9.14. The molecule has 1 aliphatic heterocycles. The lowest BCUT2D eigenvalue weighted by Gasteiger charge is -2.21. The van der Waals surface area contributed by atoms with Gasteiger partial charge in [0.05, 0.1) is 10.5 Å². The maximum absolute atomic E-state index is 12.4. The van der Waals surface area contributed by atoms with Gasteiger partial charge in [-0.2, -0.15) is 0 Å². The smallest absolute Gasteiger partial charge is 0.312 e. The van der Waals surface area contributed by atoms with E-state index >= 15 is 0 Å². The molecule has 0 radical (unpaired) electrons. The van der Waals surface area contributed by atoms with E-state index in [0.29, 0.717) is 15.7 Å². The number of aliphatic carboxylic acids is 1. The average Bonchev–Trinajstić information content (AvgIpc) is 2.69. The zero-order valence-electron chi connectivity index (χ0n) is 14.3. The number of rotatable bonds is 6. The van der Waals surface area contributed by atoms with Crippen molar-refractivity contribution in [2.45, 2.75) is 16.9 Å². The summed E-state index contributed by atoms with van der Waals surface area (Å²) in [5.74, 6) is 0.404. The number of nitrogens with one attached hydrogen (secondary N) is 1. The van der Waals surface area contributed by atoms with E-state index in [0.717, 1.165) is 0 Å². The molecule has 1 fully saturated rings. The molecule has 6 heteroatoms. The van der Waals surface area contributed by atoms with Gasteiger partial charge >= 0.3 is 5.97 Å². The lowest BCUT2D eigenvalue weighted by molar-refractivity contribution is -0.138. The van der Waals surface area contributed by atoms with Crippen molar-refractivity contribution in [3.8, 4) is 0 Å². The number of carbonyl (C=O) groups excluding carboxylic acids is 1. The summed E-state index contributed by atoms with van der Waals surface area (Å²) in [6.07, 6.45) is 1.25. The highest BCUT2D eigenvalue weighted by Gasteiger charge is 2.21. The Bertz CT molecular complexity index is 743. The quantitative estimate of drug-likeness (QED) is 0.779. The van der Waals surface area contributed by atoms with Gasteiger partial charge in [0.15, 0.2) is 0 Å². The molecule has 4 nitrogen and oxygen atoms in total. The van der Waals surface area contributed by atoms with Crippen LogP contribution in [0.25, 0.3) is 0 Å². The topological polar surface area (TPSA) is 66.4 Å². The predicted octanol–water partition coefficient (Wildman–Crippen LogP) is 4.15. The van der Waals surface area contributed by atoms with E-state index in [1.807, 2.05) is 53.9 Å². The minimum absolute atomic E-state index is 0.0638. The molecule has 1 amide bonds. The zero-order chi connectivity index (χ0) is 18.4. The number of carboxylic acids is 1. The van der Waals surface area contributed by atoms with Crippen molar-refractivity contribution in [2.75, 3.05) is 18.1 Å². The van der Waals surface area contributed by atoms with E-state index in [1.165, 1.54) is 23.5 Å². The highest BCUT2D eigenvalue weighted by atomic mass is 32.2. The summed E-state index contributed by atoms with van der Waals surface area (Å²) in [6, 6.07) is 16.6. The van der Waals surface area contributed by atoms with Gasteiger partial charge in [-0.15, -0.1) is 23.5 Å². The molecule has 0 spiro atoms. The number of hydrogen-bond donors (Lipinski definition) is 2. The standard InChI is InChI=1S/C20H21NO3S2/c22-18(21-13-17(19(23)24)14-5-2-1-3-6-14)15-7-9-16(10-8-15)20-25-11-4-12-26-20/h1-3,5-10,17,20H,4,11-13H2,(H,21,22)(H,23,24). The van der Waals surface area contributed by atoms with Crippen LogP contribution in [0, 0.1) is 0 Å². The average molecular weight is 388 g/mol. The van der Waals surface area contributed by atoms with Crippen LogP contribution in [0.2, 0.25) is 0 Å². The predicted molar refractivity (Wildman–Crippen MR) is 108 cm³/mol. The van der Waals surface area contributed by atoms with Crippen molar-refractivity contribution in [1.29, 1.82) is 0 Å². The maximum Gasteiger partial charge on any atom is 0.312 e. The number of carbonyl (C=O) groups is 2. The van der Waals surface area contributed by atoms with Crippen molar-refractivity contribution >= 4 is 35.4 Å². The van der Waals surface area contributed by atoms with Crippen LogP contribution < -0.4 is 5.32 Å². The van der Waals surface area contributed by atoms with Crippen LogP contribution in [0.15, 0.2) is 54.6 Å². The lowest BCUT2D eigenvalue weighted by Crippen LogP contribution is -2.31. The number of thioether (sulfide) groups is 2. The van der Waals surface area contributed by atoms with Crippen LogP contribution in [0.1, 0.15) is 38.4 Å². The van der Waals surface area contributed by atoms with Crippen LogP contribution in [0.3, 0.4) is 0 Å². The summed E-state index contributed by atoms with van der Waals surface area (Å²) in [6.45, 7) is 0.0638. The fraction of sp³-hybridized carbons (Fsp3) is 0.300. The molecule has 3 rings (SSSR count). The molecule has 1 saturated heterocycles. The summed E-state index contributed by atoms with van der Waals surface area (Å²) in [5.41, 5.74) is 2.46. The fourth-order valence-corrected chi connectivity index (χ4v) is 5.70. The molecule has 1 aliphatic rings. The number of amides is 1. The first-order valence-corrected chi connectivity index (χ1v) is 10.6. The molecule has 0 bridgehead atoms. The molecular formula is C20H21NO3S2. The molecule has 2 aromatic rings. The van der Waals surface area contributed by atoms with Crippen molar-refractivity contribution in [2.24, 2.45) is 0 Å². The van der Waals surface area contributed by atoms with Crippen molar-refractivity contribution in [3.05, 3.63) is 71.3 Å². The third kappa shape index (κ3) is 4.83. The lowest BCUT2D eigenvalue weighted by atomic mass is 9.99. The second-order valence-electron chi connectivity index (χ2n) is 6.06. The van der Waals surface area contributed by atoms with Crippen LogP contribution in [0.4, 0.5) is 0 Å². The van der Waals surface area contributed by atoms with Crippen molar-refractivity contribution in [3.63, 3.8) is 0 Å². The van der Waals surface area contributed by atoms with Gasteiger partial charge in [-0.3, -0.25) is 9.59 Å². The summed E-state index contributed by atoms with van der Waals surface area (Å²) in [4.78, 5) is 23.9. The number of benzene rings is 2. The Morgan fingerprint density at radius 2 is 1.69 bits per heavy atom. The largest absolute Gasteiger partial charge is 0.481 e. The molecular weight excluding hydrogens is 366 g/mol. The highest BCUT2D eigenvalue weighted by molar-refractivity contribution is 8.16. The Kier molecular flexibility index (Phi) is 6.63. The third-order valence-electron chi connectivity index (χ3n) is 4.24. The Morgan fingerprint density at radius 3 is 2.31 bits per heavy atom. The van der Waals surface area contributed by atoms with E-state index < -0.39 is 11.9 Å². The minimum Gasteiger partial charge on any atom is -0.481 e. The SMILES string of the molecule is O=C(NCC(C(=O)O)c1ccccc1)c1ccc(C2SCCCS2)cc1. The third-order valence-corrected chi connectivity index (χ3v) is 7.25. The Labute approximate surface area is 161 Å². The van der Waals surface area contributed by atoms with Gasteiger partial charge in [0, 0.05) is 12.1 Å². The molecule has 0 aromatic heterocycles. The first-order chi connectivity index (χ1) is 12.6. The van der Waals surface area contributed by atoms with Crippen LogP contribution >= 0.6 is 23.5 Å². The van der Waals surface area contributed by atoms with E-state index in [1.54, 1.807) is 24.3 Å². The number of hydrogen-bond acceptors (Lipinski definition) is 4. The Hall–Kier alpha value is -1.92. The van der Waals surface area contributed by atoms with Gasteiger partial charge in [0.2, 0.25) is 0 Å². The van der Waals surface area contributed by atoms with Gasteiger partial charge < -0.3 is 10.4 Å². The van der Waals surface area contributed by atoms with E-state index in [9.17, 15) is 14.7 Å². The van der Waals surface area contributed by atoms with E-state index in [4.69, 9.17) is 0 Å². The Morgan fingerprint density at radius 1 is 1.04 bits per heavy atom. The van der Waals surface area contributed by atoms with Crippen LogP contribution in [-0.2, 0) is 4.79 Å². The van der Waals surface area contributed by atoms with Gasteiger partial charge in [-0.25, -0.2) is 0 Å². The molecule has 136 valence electrons. The molecule has 0 saturated carbocycles. The van der Waals surface area contributed by atoms with Gasteiger partial charge in [-0.1, -0.05) is 42.5 Å². The van der Waals surface area contributed by atoms with Crippen LogP contribution in [0.5, 0.6) is 0 Å². The van der Waals surface area contributed by atoms with Gasteiger partial charge in [0.1, 0.15) is 0 Å². The first-order valence-electron chi connectivity index (χ1n) is 8.54. The van der Waals surface area contributed by atoms with Crippen LogP contribution in [-0.4, -0.2) is 35.0 Å². The molecule has 1 heterocycles. The van der Waals surface area contributed by atoms with Gasteiger partial charge in [-0.05, 0) is 41.2 Å². The molecule has 2 aromatic carbocycles. The van der Waals surface area contributed by atoms with Gasteiger partial charge in [0.25, 0.3) is 5.91 Å². The highest BCUT2D eigenvalue weighted by Crippen LogP contribution is 2.43. The summed E-state index contributed by atoms with van der Waals surface area (Å²) in [5, 5.41) is 12.2. The Balaban J connectivity index is 1.61. The summed E-state index contributed by atoms with van der Waals surface area (Å²) in [7, 11) is 0. The number of carboxylic acid groups (broad SMARTS) is 1. The molecule has 0 aliphatic carbocycles. The molecule has 26 heavy (non-hydrogen) atoms. The van der Waals surface area contributed by atoms with E-state index in [-0.39, 0.29) is 12.5 Å². The van der Waals surface area contributed by atoms with E-state index in [2.05, 4.69) is 5.32 Å².